The molecule has 0 aromatic carbocycles. The third-order valence-electron chi connectivity index (χ3n) is 13.9. The molecular formula is C62H103Cl3N8O23. The fourth-order valence-corrected chi connectivity index (χ4v) is 8.98. The van der Waals surface area contributed by atoms with Crippen LogP contribution in [0.2, 0.25) is 0 Å². The Kier molecular flexibility index (Phi) is 49.8. The molecule has 2 saturated heterocycles. The summed E-state index contributed by atoms with van der Waals surface area (Å²) in [4.78, 5) is 154. The highest BCUT2D eigenvalue weighted by molar-refractivity contribution is 6.67. The molecule has 0 saturated carbocycles. The predicted molar refractivity (Wildman–Crippen MR) is 346 cm³/mol. The molecule has 0 bridgehead atoms. The van der Waals surface area contributed by atoms with Gasteiger partial charge in [0.1, 0.15) is 6.61 Å². The Balaban J connectivity index is 1.51. The topological polar surface area (TPSA) is 385 Å². The van der Waals surface area contributed by atoms with Crippen LogP contribution in [0.5, 0.6) is 0 Å². The van der Waals surface area contributed by atoms with E-state index in [-0.39, 0.29) is 160 Å². The largest absolute Gasteiger partial charge is 0.445 e. The Bertz CT molecular complexity index is 2150. The minimum Gasteiger partial charge on any atom is -0.445 e. The lowest BCUT2D eigenvalue weighted by molar-refractivity contribution is -0.198. The van der Waals surface area contributed by atoms with Crippen molar-refractivity contribution in [1.29, 1.82) is 0 Å². The fraction of sp³-hybridized carbons (Fsp3) is 0.806. The summed E-state index contributed by atoms with van der Waals surface area (Å²) in [6, 6.07) is 0. The highest BCUT2D eigenvalue weighted by atomic mass is 35.6. The summed E-state index contributed by atoms with van der Waals surface area (Å²) in [7, 11) is 0. The van der Waals surface area contributed by atoms with E-state index in [2.05, 4.69) is 31.9 Å². The number of unbranched alkanes of at least 4 members (excludes halogenated alkanes) is 11. The van der Waals surface area contributed by atoms with E-state index in [1.807, 2.05) is 0 Å². The molecule has 2 aliphatic heterocycles. The number of carbonyl (C=O) groups excluding carboxylic acids is 12. The molecule has 34 heteroatoms. The molecule has 0 spiro atoms. The van der Waals surface area contributed by atoms with Gasteiger partial charge < -0.3 is 84.2 Å². The van der Waals surface area contributed by atoms with E-state index in [1.165, 1.54) is 0 Å². The van der Waals surface area contributed by atoms with Gasteiger partial charge in [-0.3, -0.25) is 43.2 Å². The highest BCUT2D eigenvalue weighted by Gasteiger charge is 2.34. The van der Waals surface area contributed by atoms with E-state index in [9.17, 15) is 57.5 Å². The molecule has 6 N–H and O–H groups in total. The van der Waals surface area contributed by atoms with E-state index >= 15 is 0 Å². The minimum absolute atomic E-state index is 0.0261. The van der Waals surface area contributed by atoms with Crippen LogP contribution in [-0.4, -0.2) is 236 Å². The van der Waals surface area contributed by atoms with Crippen molar-refractivity contribution < 1.29 is 110 Å². The Morgan fingerprint density at radius 2 is 0.646 bits per heavy atom. The third kappa shape index (κ3) is 49.0. The summed E-state index contributed by atoms with van der Waals surface area (Å²) in [5, 5.41) is 18.1. The van der Waals surface area contributed by atoms with Crippen LogP contribution < -0.4 is 31.9 Å². The number of alkyl carbamates (subject to hydrolysis) is 1. The number of alkyl halides is 3. The van der Waals surface area contributed by atoms with Crippen molar-refractivity contribution >= 4 is 106 Å². The Hall–Kier alpha value is -5.61. The van der Waals surface area contributed by atoms with Gasteiger partial charge in [0.05, 0.1) is 124 Å². The lowest BCUT2D eigenvalue weighted by Gasteiger charge is -2.30. The molecule has 10 amide bonds. The van der Waals surface area contributed by atoms with Crippen LogP contribution in [0.15, 0.2) is 0 Å². The summed E-state index contributed by atoms with van der Waals surface area (Å²) in [5.74, 6) is -4.33. The van der Waals surface area contributed by atoms with Gasteiger partial charge in [0, 0.05) is 90.5 Å². The van der Waals surface area contributed by atoms with Crippen LogP contribution in [0.25, 0.3) is 0 Å². The first-order chi connectivity index (χ1) is 46.2. The number of imide groups is 2. The molecular weight excluding hydrogens is 1330 g/mol. The average Bonchev–Trinajstić information content (AvgIpc) is 1.74. The average molecular weight is 1430 g/mol. The first kappa shape index (κ1) is 86.5. The smallest absolute Gasteiger partial charge is 0.407 e. The molecule has 0 aliphatic carbocycles. The number of carbonyl (C=O) groups is 12. The van der Waals surface area contributed by atoms with Crippen LogP contribution >= 0.6 is 34.8 Å². The number of rotatable bonds is 61. The van der Waals surface area contributed by atoms with Crippen molar-refractivity contribution in [1.82, 2.24) is 42.0 Å². The molecule has 2 aliphatic rings. The second kappa shape index (κ2) is 55.3. The van der Waals surface area contributed by atoms with Crippen LogP contribution in [-0.2, 0) is 105 Å². The lowest BCUT2D eigenvalue weighted by atomic mass is 10.0. The molecule has 0 unspecified atom stereocenters. The second-order valence-electron chi connectivity index (χ2n) is 22.7. The molecule has 2 rings (SSSR count). The molecule has 0 aromatic heterocycles. The molecule has 31 nitrogen and oxygen atoms in total. The summed E-state index contributed by atoms with van der Waals surface area (Å²) in [5.41, 5.74) is -0.972. The Labute approximate surface area is 577 Å². The molecule has 0 aromatic rings. The highest BCUT2D eigenvalue weighted by Crippen LogP contribution is 2.26. The van der Waals surface area contributed by atoms with Gasteiger partial charge >= 0.3 is 18.0 Å². The molecule has 0 radical (unpaired) electrons. The number of amides is 10. The first-order valence-corrected chi connectivity index (χ1v) is 34.4. The number of nitrogens with one attached hydrogen (secondary N) is 6. The molecule has 2 heterocycles. The van der Waals surface area contributed by atoms with Crippen molar-refractivity contribution in [2.75, 3.05) is 145 Å². The van der Waals surface area contributed by atoms with Crippen molar-refractivity contribution in [2.45, 2.75) is 177 Å². The maximum atomic E-state index is 13.1. The summed E-state index contributed by atoms with van der Waals surface area (Å²) < 4.78 is 47.3. The van der Waals surface area contributed by atoms with Gasteiger partial charge in [-0.1, -0.05) is 86.2 Å². The van der Waals surface area contributed by atoms with Crippen LogP contribution in [0.3, 0.4) is 0 Å². The number of ether oxygens (including phenoxy) is 9. The zero-order valence-corrected chi connectivity index (χ0v) is 57.9. The number of hydroxylamine groups is 4. The van der Waals surface area contributed by atoms with E-state index in [0.29, 0.717) is 108 Å². The summed E-state index contributed by atoms with van der Waals surface area (Å²) in [6.45, 7) is 6.78. The molecule has 0 atom stereocenters. The van der Waals surface area contributed by atoms with E-state index < -0.39 is 51.0 Å². The van der Waals surface area contributed by atoms with Crippen molar-refractivity contribution in [3.63, 3.8) is 0 Å². The monoisotopic (exact) mass is 1430 g/mol. The summed E-state index contributed by atoms with van der Waals surface area (Å²) >= 11 is 16.8. The maximum absolute atomic E-state index is 13.1. The van der Waals surface area contributed by atoms with E-state index in [1.54, 1.807) is 6.92 Å². The van der Waals surface area contributed by atoms with Gasteiger partial charge in [0.15, 0.2) is 0 Å². The van der Waals surface area contributed by atoms with Gasteiger partial charge in [0.2, 0.25) is 33.3 Å². The van der Waals surface area contributed by atoms with Crippen LogP contribution in [0.1, 0.15) is 167 Å². The van der Waals surface area contributed by atoms with E-state index in [4.69, 9.17) is 87.1 Å². The maximum Gasteiger partial charge on any atom is 0.407 e. The van der Waals surface area contributed by atoms with Gasteiger partial charge in [-0.15, -0.1) is 10.1 Å². The quantitative estimate of drug-likeness (QED) is 0.0285. The van der Waals surface area contributed by atoms with Crippen molar-refractivity contribution in [3.8, 4) is 0 Å². The standard InChI is InChI=1S/C62H103Cl3N8O23/c1-61(71-53(78)18-12-6-9-15-29-70-60(85)94-48-62(63,64)65,46-92-32-23-51(76)66-27-13-7-2-4-10-16-49(74)68-30-36-88-40-44-90-42-38-86-34-25-58(83)95-72-54(79)19-20-55(72)80)47-93-33-24-52(77)67-28-14-8-3-5-11-17-50(75)69-31-37-89-41-45-91-43-39-87-35-26-59(84)96-73-56(81)21-22-57(73)82/h2-48H2,1H3,(H,66,76)(H,67,77)(H,68,74)(H,69,75)(H,70,85)(H,71,78). The Morgan fingerprint density at radius 1 is 0.344 bits per heavy atom. The summed E-state index contributed by atoms with van der Waals surface area (Å²) in [6.07, 6.45) is 11.4. The predicted octanol–water partition coefficient (Wildman–Crippen LogP) is 3.96. The molecule has 550 valence electrons. The number of nitrogens with zero attached hydrogens (tertiary/aromatic N) is 2. The normalized spacial score (nSPS) is 13.2. The van der Waals surface area contributed by atoms with Crippen LogP contribution in [0, 0.1) is 0 Å². The van der Waals surface area contributed by atoms with Gasteiger partial charge in [-0.2, -0.15) is 0 Å². The van der Waals surface area contributed by atoms with Gasteiger partial charge in [0.25, 0.3) is 23.6 Å². The molecule has 96 heavy (non-hydrogen) atoms. The number of halogens is 3. The number of hydrogen-bond donors (Lipinski definition) is 6. The fourth-order valence-electron chi connectivity index (χ4n) is 8.81. The first-order valence-electron chi connectivity index (χ1n) is 33.3. The van der Waals surface area contributed by atoms with Crippen molar-refractivity contribution in [3.05, 3.63) is 0 Å². The van der Waals surface area contributed by atoms with Crippen LogP contribution in [0.4, 0.5) is 4.79 Å². The Morgan fingerprint density at radius 3 is 1.03 bits per heavy atom. The SMILES string of the molecule is CC(COCCC(=O)NCCCCCCCC(=O)NCCOCCOCCOCCC(=O)ON1C(=O)CCC1=O)(COCCC(=O)NCCCCCCCC(=O)NCCOCCOCCOCCC(=O)ON1C(=O)CCC1=O)NC(=O)CCCCCCNC(=O)OCC(Cl)(Cl)Cl. The molecule has 2 fully saturated rings. The van der Waals surface area contributed by atoms with Gasteiger partial charge in [-0.25, -0.2) is 14.4 Å². The second-order valence-corrected chi connectivity index (χ2v) is 25.2. The number of hydrogen-bond acceptors (Lipinski definition) is 23. The zero-order chi connectivity index (χ0) is 70.3. The van der Waals surface area contributed by atoms with E-state index in [0.717, 1.165) is 77.0 Å². The lowest BCUT2D eigenvalue weighted by Crippen LogP contribution is -2.53. The third-order valence-corrected chi connectivity index (χ3v) is 14.3. The minimum atomic E-state index is -1.71. The zero-order valence-electron chi connectivity index (χ0n) is 55.7. The van der Waals surface area contributed by atoms with Gasteiger partial charge in [-0.05, 0) is 45.4 Å². The van der Waals surface area contributed by atoms with Crippen molar-refractivity contribution in [2.24, 2.45) is 0 Å².